The number of carbonyl (C=O) groups is 1. The van der Waals surface area contributed by atoms with Crippen molar-refractivity contribution in [3.63, 3.8) is 0 Å². The van der Waals surface area contributed by atoms with Crippen LogP contribution in [-0.4, -0.2) is 60.0 Å². The molecule has 1 heterocycles. The number of allylic oxidation sites excluding steroid dienone is 2. The second-order valence-corrected chi connectivity index (χ2v) is 7.68. The van der Waals surface area contributed by atoms with Gasteiger partial charge in [0.15, 0.2) is 5.78 Å². The van der Waals surface area contributed by atoms with E-state index in [1.807, 2.05) is 42.5 Å². The molecule has 2 atom stereocenters. The molecule has 0 radical (unpaired) electrons. The molecule has 0 spiro atoms. The lowest BCUT2D eigenvalue weighted by Crippen LogP contribution is -2.56. The first-order chi connectivity index (χ1) is 12.1. The van der Waals surface area contributed by atoms with Crippen LogP contribution in [0.3, 0.4) is 0 Å². The predicted molar refractivity (Wildman–Crippen MR) is 101 cm³/mol. The summed E-state index contributed by atoms with van der Waals surface area (Å²) in [7, 11) is 0. The van der Waals surface area contributed by atoms with Crippen molar-refractivity contribution >= 4 is 17.5 Å². The number of hydrogen-bond donors (Lipinski definition) is 1. The largest absolute Gasteiger partial charge is 0.396 e. The van der Waals surface area contributed by atoms with Crippen molar-refractivity contribution < 1.29 is 14.6 Å². The maximum absolute atomic E-state index is 13.2. The lowest BCUT2D eigenvalue weighted by atomic mass is 9.76. The number of benzene rings is 1. The standard InChI is InChI=1S/C20H25NO3S/c1-20(21-10-13-24-14-11-21)9-3-2-4-18(20)19(23)16-5-7-17(8-6-16)25-15-12-22/h2-9,18,22H,10-15H2,1H3. The Hall–Kier alpha value is -1.40. The molecule has 0 aromatic heterocycles. The van der Waals surface area contributed by atoms with Crippen LogP contribution < -0.4 is 0 Å². The number of aliphatic hydroxyl groups is 1. The Morgan fingerprint density at radius 2 is 2.00 bits per heavy atom. The van der Waals surface area contributed by atoms with Gasteiger partial charge in [-0.2, -0.15) is 0 Å². The fraction of sp³-hybridized carbons (Fsp3) is 0.450. The molecule has 25 heavy (non-hydrogen) atoms. The van der Waals surface area contributed by atoms with Gasteiger partial charge in [-0.1, -0.05) is 36.4 Å². The van der Waals surface area contributed by atoms with Crippen LogP contribution >= 0.6 is 11.8 Å². The highest BCUT2D eigenvalue weighted by molar-refractivity contribution is 7.99. The summed E-state index contributed by atoms with van der Waals surface area (Å²) in [5.74, 6) is 0.610. The lowest BCUT2D eigenvalue weighted by molar-refractivity contribution is -0.0112. The van der Waals surface area contributed by atoms with Crippen molar-refractivity contribution in [1.82, 2.24) is 4.90 Å². The number of ether oxygens (including phenoxy) is 1. The third kappa shape index (κ3) is 4.06. The molecule has 0 bridgehead atoms. The van der Waals surface area contributed by atoms with E-state index in [4.69, 9.17) is 9.84 Å². The monoisotopic (exact) mass is 359 g/mol. The van der Waals surface area contributed by atoms with Crippen molar-refractivity contribution in [3.05, 3.63) is 54.1 Å². The number of morpholine rings is 1. The van der Waals surface area contributed by atoms with Gasteiger partial charge >= 0.3 is 0 Å². The number of Topliss-reactive ketones (excluding diaryl/α,β-unsaturated/α-hetero) is 1. The van der Waals surface area contributed by atoms with Gasteiger partial charge in [-0.15, -0.1) is 11.8 Å². The van der Waals surface area contributed by atoms with E-state index in [0.29, 0.717) is 19.0 Å². The molecule has 1 N–H and O–H groups in total. The van der Waals surface area contributed by atoms with Crippen LogP contribution in [0.2, 0.25) is 0 Å². The quantitative estimate of drug-likeness (QED) is 0.625. The topological polar surface area (TPSA) is 49.8 Å². The molecule has 1 aromatic carbocycles. The number of carbonyl (C=O) groups excluding carboxylic acids is 1. The van der Waals surface area contributed by atoms with Gasteiger partial charge in [0.05, 0.1) is 31.3 Å². The molecule has 1 aromatic rings. The lowest BCUT2D eigenvalue weighted by Gasteiger charge is -2.45. The first kappa shape index (κ1) is 18.4. The van der Waals surface area contributed by atoms with Crippen LogP contribution in [0.5, 0.6) is 0 Å². The fourth-order valence-electron chi connectivity index (χ4n) is 3.48. The Morgan fingerprint density at radius 1 is 1.28 bits per heavy atom. The average molecular weight is 359 g/mol. The van der Waals surface area contributed by atoms with Crippen LogP contribution in [0, 0.1) is 5.92 Å². The third-order valence-corrected chi connectivity index (χ3v) is 5.94. The number of thioether (sulfide) groups is 1. The van der Waals surface area contributed by atoms with E-state index in [2.05, 4.69) is 17.9 Å². The molecule has 1 saturated heterocycles. The molecule has 3 rings (SSSR count). The maximum Gasteiger partial charge on any atom is 0.171 e. The Labute approximate surface area is 153 Å². The van der Waals surface area contributed by atoms with Crippen molar-refractivity contribution in [2.75, 3.05) is 38.7 Å². The molecule has 134 valence electrons. The third-order valence-electron chi connectivity index (χ3n) is 4.95. The summed E-state index contributed by atoms with van der Waals surface area (Å²) in [6.45, 7) is 5.41. The SMILES string of the molecule is CC1(N2CCOCC2)C=CC=CC1C(=O)c1ccc(SCCO)cc1. The van der Waals surface area contributed by atoms with Crippen LogP contribution in [-0.2, 0) is 4.74 Å². The summed E-state index contributed by atoms with van der Waals surface area (Å²) < 4.78 is 5.47. The maximum atomic E-state index is 13.2. The number of aliphatic hydroxyl groups excluding tert-OH is 1. The zero-order valence-electron chi connectivity index (χ0n) is 14.6. The second-order valence-electron chi connectivity index (χ2n) is 6.51. The van der Waals surface area contributed by atoms with Gasteiger partial charge in [0.25, 0.3) is 0 Å². The van der Waals surface area contributed by atoms with E-state index < -0.39 is 0 Å². The highest BCUT2D eigenvalue weighted by atomic mass is 32.2. The Morgan fingerprint density at radius 3 is 2.68 bits per heavy atom. The molecule has 2 aliphatic rings. The Bertz CT molecular complexity index is 649. The highest BCUT2D eigenvalue weighted by Gasteiger charge is 2.42. The van der Waals surface area contributed by atoms with Gasteiger partial charge in [0.2, 0.25) is 0 Å². The van der Waals surface area contributed by atoms with Crippen molar-refractivity contribution in [3.8, 4) is 0 Å². The van der Waals surface area contributed by atoms with Gasteiger partial charge in [-0.3, -0.25) is 9.69 Å². The Kier molecular flexibility index (Phi) is 6.12. The summed E-state index contributed by atoms with van der Waals surface area (Å²) in [6.07, 6.45) is 8.17. The number of nitrogens with zero attached hydrogens (tertiary/aromatic N) is 1. The van der Waals surface area contributed by atoms with Crippen LogP contribution in [0.25, 0.3) is 0 Å². The van der Waals surface area contributed by atoms with E-state index >= 15 is 0 Å². The van der Waals surface area contributed by atoms with E-state index in [0.717, 1.165) is 23.5 Å². The summed E-state index contributed by atoms with van der Waals surface area (Å²) in [6, 6.07) is 7.71. The molecular weight excluding hydrogens is 334 g/mol. The Balaban J connectivity index is 1.79. The van der Waals surface area contributed by atoms with Gasteiger partial charge in [-0.25, -0.2) is 0 Å². The van der Waals surface area contributed by atoms with Crippen LogP contribution in [0.1, 0.15) is 17.3 Å². The van der Waals surface area contributed by atoms with E-state index in [9.17, 15) is 4.79 Å². The van der Waals surface area contributed by atoms with Crippen LogP contribution in [0.4, 0.5) is 0 Å². The summed E-state index contributed by atoms with van der Waals surface area (Å²) >= 11 is 1.59. The zero-order valence-corrected chi connectivity index (χ0v) is 15.4. The molecular formula is C20H25NO3S. The van der Waals surface area contributed by atoms with Gasteiger partial charge in [0, 0.05) is 29.3 Å². The van der Waals surface area contributed by atoms with E-state index in [1.165, 1.54) is 0 Å². The minimum Gasteiger partial charge on any atom is -0.396 e. The zero-order chi connectivity index (χ0) is 17.7. The van der Waals surface area contributed by atoms with E-state index in [1.54, 1.807) is 11.8 Å². The van der Waals surface area contributed by atoms with Crippen molar-refractivity contribution in [2.45, 2.75) is 17.4 Å². The molecule has 4 nitrogen and oxygen atoms in total. The average Bonchev–Trinajstić information content (AvgIpc) is 2.67. The normalized spacial score (nSPS) is 26.7. The van der Waals surface area contributed by atoms with Gasteiger partial charge < -0.3 is 9.84 Å². The highest BCUT2D eigenvalue weighted by Crippen LogP contribution is 2.34. The number of hydrogen-bond acceptors (Lipinski definition) is 5. The fourth-order valence-corrected chi connectivity index (χ4v) is 4.14. The molecule has 2 unspecified atom stereocenters. The van der Waals surface area contributed by atoms with Crippen molar-refractivity contribution in [2.24, 2.45) is 5.92 Å². The van der Waals surface area contributed by atoms with E-state index in [-0.39, 0.29) is 23.8 Å². The molecule has 0 saturated carbocycles. The van der Waals surface area contributed by atoms with Crippen LogP contribution in [0.15, 0.2) is 53.5 Å². The number of rotatable bonds is 6. The summed E-state index contributed by atoms with van der Waals surface area (Å²) in [5, 5.41) is 8.92. The molecule has 1 fully saturated rings. The minimum absolute atomic E-state index is 0.147. The molecule has 0 amide bonds. The number of ketones is 1. The minimum atomic E-state index is -0.320. The molecule has 1 aliphatic carbocycles. The molecule has 1 aliphatic heterocycles. The summed E-state index contributed by atoms with van der Waals surface area (Å²) in [4.78, 5) is 16.6. The predicted octanol–water partition coefficient (Wildman–Crippen LogP) is 2.79. The van der Waals surface area contributed by atoms with Gasteiger partial charge in [-0.05, 0) is 19.1 Å². The molecule has 5 heteroatoms. The smallest absolute Gasteiger partial charge is 0.171 e. The van der Waals surface area contributed by atoms with Gasteiger partial charge in [0.1, 0.15) is 0 Å². The first-order valence-electron chi connectivity index (χ1n) is 8.72. The first-order valence-corrected chi connectivity index (χ1v) is 9.70. The summed E-state index contributed by atoms with van der Waals surface area (Å²) in [5.41, 5.74) is 0.415. The van der Waals surface area contributed by atoms with Crippen molar-refractivity contribution in [1.29, 1.82) is 0 Å². The second kappa shape index (κ2) is 8.32.